The standard InChI is InChI=1S/C25H28F4N6O3S/c26-24(5-6-24)20-30-19(31-32-20)17-7-22(8-17)12-34(13-22)21(36)35-14-23(15-35)10-33(11-23)9-16-1-3-18(4-2-16)39(37,38)25(27,28)29/h1-4,17H,5-15H2,(H,30,31,32). The van der Waals surface area contributed by atoms with Crippen molar-refractivity contribution in [2.24, 2.45) is 10.8 Å². The lowest BCUT2D eigenvalue weighted by Gasteiger charge is -2.63. The van der Waals surface area contributed by atoms with Crippen LogP contribution in [0.3, 0.4) is 0 Å². The lowest BCUT2D eigenvalue weighted by Crippen LogP contribution is -2.75. The first-order valence-corrected chi connectivity index (χ1v) is 14.6. The van der Waals surface area contributed by atoms with Gasteiger partial charge in [-0.25, -0.2) is 22.6 Å². The minimum atomic E-state index is -5.34. The number of rotatable bonds is 5. The Morgan fingerprint density at radius 3 is 2.13 bits per heavy atom. The maximum atomic E-state index is 14.2. The van der Waals surface area contributed by atoms with Gasteiger partial charge in [0.05, 0.1) is 4.90 Å². The monoisotopic (exact) mass is 568 g/mol. The van der Waals surface area contributed by atoms with Crippen LogP contribution in [0.4, 0.5) is 22.4 Å². The molecule has 2 amide bonds. The summed E-state index contributed by atoms with van der Waals surface area (Å²) in [5.74, 6) is 1.27. The van der Waals surface area contributed by atoms with E-state index in [1.165, 1.54) is 12.1 Å². The Kier molecular flexibility index (Phi) is 5.13. The Labute approximate surface area is 222 Å². The minimum Gasteiger partial charge on any atom is -0.323 e. The van der Waals surface area contributed by atoms with Gasteiger partial charge in [0.15, 0.2) is 11.5 Å². The van der Waals surface area contributed by atoms with Crippen molar-refractivity contribution in [3.63, 3.8) is 0 Å². The van der Waals surface area contributed by atoms with Gasteiger partial charge in [-0.3, -0.25) is 10.00 Å². The fourth-order valence-electron chi connectivity index (χ4n) is 6.81. The number of halogens is 4. The zero-order valence-electron chi connectivity index (χ0n) is 21.0. The Morgan fingerprint density at radius 1 is 0.974 bits per heavy atom. The van der Waals surface area contributed by atoms with Gasteiger partial charge in [-0.15, -0.1) is 0 Å². The number of amides is 2. The molecule has 2 saturated carbocycles. The molecule has 1 aromatic carbocycles. The van der Waals surface area contributed by atoms with Crippen molar-refractivity contribution in [1.29, 1.82) is 0 Å². The number of alkyl halides is 4. The largest absolute Gasteiger partial charge is 0.501 e. The third-order valence-corrected chi connectivity index (χ3v) is 10.5. The highest BCUT2D eigenvalue weighted by molar-refractivity contribution is 7.92. The van der Waals surface area contributed by atoms with Gasteiger partial charge >= 0.3 is 11.5 Å². The lowest BCUT2D eigenvalue weighted by molar-refractivity contribution is -0.116. The van der Waals surface area contributed by atoms with E-state index >= 15 is 0 Å². The van der Waals surface area contributed by atoms with Crippen LogP contribution in [-0.4, -0.2) is 89.1 Å². The summed E-state index contributed by atoms with van der Waals surface area (Å²) in [6, 6.07) is 4.88. The number of H-pyrrole nitrogens is 1. The Balaban J connectivity index is 0.842. The number of hydrogen-bond donors (Lipinski definition) is 1. The summed E-state index contributed by atoms with van der Waals surface area (Å²) in [5, 5.41) is 6.97. The maximum Gasteiger partial charge on any atom is 0.501 e. The quantitative estimate of drug-likeness (QED) is 0.556. The molecule has 210 valence electrons. The molecule has 0 bridgehead atoms. The average molecular weight is 569 g/mol. The molecule has 7 rings (SSSR count). The molecule has 3 aliphatic heterocycles. The van der Waals surface area contributed by atoms with Gasteiger partial charge in [0.25, 0.3) is 9.84 Å². The van der Waals surface area contributed by atoms with Gasteiger partial charge in [-0.2, -0.15) is 18.3 Å². The summed E-state index contributed by atoms with van der Waals surface area (Å²) < 4.78 is 75.4. The van der Waals surface area contributed by atoms with Crippen molar-refractivity contribution >= 4 is 15.9 Å². The molecule has 39 heavy (non-hydrogen) atoms. The van der Waals surface area contributed by atoms with Crippen molar-refractivity contribution in [3.05, 3.63) is 41.5 Å². The van der Waals surface area contributed by atoms with E-state index in [0.29, 0.717) is 32.5 Å². The highest BCUT2D eigenvalue weighted by Crippen LogP contribution is 2.56. The fraction of sp³-hybridized carbons (Fsp3) is 0.640. The summed E-state index contributed by atoms with van der Waals surface area (Å²) in [6.45, 7) is 4.90. The molecule has 1 N–H and O–H groups in total. The highest BCUT2D eigenvalue weighted by Gasteiger charge is 2.59. The van der Waals surface area contributed by atoms with Crippen molar-refractivity contribution in [3.8, 4) is 0 Å². The first-order valence-electron chi connectivity index (χ1n) is 13.1. The second kappa shape index (κ2) is 7.93. The second-order valence-corrected chi connectivity index (χ2v) is 14.3. The zero-order chi connectivity index (χ0) is 27.4. The summed E-state index contributed by atoms with van der Waals surface area (Å²) in [5.41, 5.74) is -5.73. The topological polar surface area (TPSA) is 102 Å². The number of urea groups is 1. The maximum absolute atomic E-state index is 14.2. The Hall–Kier alpha value is -2.74. The Morgan fingerprint density at radius 2 is 1.56 bits per heavy atom. The average Bonchev–Trinajstić information content (AvgIpc) is 3.32. The van der Waals surface area contributed by atoms with Crippen LogP contribution in [0.2, 0.25) is 0 Å². The number of carbonyl (C=O) groups is 1. The van der Waals surface area contributed by atoms with Crippen molar-refractivity contribution < 1.29 is 30.8 Å². The van der Waals surface area contributed by atoms with Crippen LogP contribution >= 0.6 is 0 Å². The van der Waals surface area contributed by atoms with Gasteiger partial charge < -0.3 is 9.80 Å². The van der Waals surface area contributed by atoms with Gasteiger partial charge in [-0.1, -0.05) is 12.1 Å². The molecular formula is C25H28F4N6O3S. The number of aromatic amines is 1. The third-order valence-electron chi connectivity index (χ3n) is 9.05. The summed E-state index contributed by atoms with van der Waals surface area (Å²) in [7, 11) is -5.34. The normalized spacial score (nSPS) is 25.1. The highest BCUT2D eigenvalue weighted by atomic mass is 32.2. The van der Waals surface area contributed by atoms with E-state index in [1.54, 1.807) is 0 Å². The van der Waals surface area contributed by atoms with Gasteiger partial charge in [0.1, 0.15) is 5.82 Å². The molecule has 3 saturated heterocycles. The summed E-state index contributed by atoms with van der Waals surface area (Å²) in [4.78, 5) is 22.5. The molecule has 0 radical (unpaired) electrons. The number of nitrogens with one attached hydrogen (secondary N) is 1. The van der Waals surface area contributed by atoms with Gasteiger partial charge in [0, 0.05) is 62.6 Å². The SMILES string of the molecule is O=C(N1CC2(CC(c3nc(C4(F)CC4)n[nH]3)C2)C1)N1CC2(CN(Cc3ccc(S(=O)(=O)C(F)(F)F)cc3)C2)C1. The zero-order valence-corrected chi connectivity index (χ0v) is 21.9. The van der Waals surface area contributed by atoms with Crippen molar-refractivity contribution in [1.82, 2.24) is 29.9 Å². The molecule has 5 fully saturated rings. The van der Waals surface area contributed by atoms with Gasteiger partial charge in [0.2, 0.25) is 0 Å². The van der Waals surface area contributed by atoms with Crippen LogP contribution in [0.5, 0.6) is 0 Å². The Bertz CT molecular complexity index is 1410. The number of benzene rings is 1. The number of likely N-dealkylation sites (tertiary alicyclic amines) is 3. The van der Waals surface area contributed by atoms with Crippen LogP contribution < -0.4 is 0 Å². The van der Waals surface area contributed by atoms with Crippen LogP contribution in [0.25, 0.3) is 0 Å². The molecule has 5 aliphatic rings. The van der Waals surface area contributed by atoms with Crippen LogP contribution in [0.1, 0.15) is 48.8 Å². The predicted molar refractivity (Wildman–Crippen MR) is 129 cm³/mol. The summed E-state index contributed by atoms with van der Waals surface area (Å²) in [6.07, 6.45) is 2.82. The van der Waals surface area contributed by atoms with E-state index < -0.39 is 25.9 Å². The van der Waals surface area contributed by atoms with E-state index in [9.17, 15) is 30.8 Å². The number of aromatic nitrogens is 3. The molecule has 9 nitrogen and oxygen atoms in total. The van der Waals surface area contributed by atoms with Crippen LogP contribution in [-0.2, 0) is 22.1 Å². The third kappa shape index (κ3) is 4.04. The van der Waals surface area contributed by atoms with Crippen molar-refractivity contribution in [2.75, 3.05) is 39.3 Å². The molecule has 2 aromatic rings. The van der Waals surface area contributed by atoms with E-state index in [-0.39, 0.29) is 28.6 Å². The van der Waals surface area contributed by atoms with Crippen molar-refractivity contribution in [2.45, 2.75) is 54.2 Å². The number of sulfone groups is 1. The van der Waals surface area contributed by atoms with Gasteiger partial charge in [-0.05, 0) is 43.4 Å². The van der Waals surface area contributed by atoms with Crippen LogP contribution in [0, 0.1) is 10.8 Å². The predicted octanol–water partition coefficient (Wildman–Crippen LogP) is 3.17. The number of carbonyl (C=O) groups excluding carboxylic acids is 1. The molecular weight excluding hydrogens is 540 g/mol. The number of hydrogen-bond acceptors (Lipinski definition) is 6. The number of nitrogens with zero attached hydrogens (tertiary/aromatic N) is 5. The molecule has 0 unspecified atom stereocenters. The lowest BCUT2D eigenvalue weighted by atomic mass is 9.57. The van der Waals surface area contributed by atoms with E-state index in [0.717, 1.165) is 62.5 Å². The smallest absolute Gasteiger partial charge is 0.323 e. The molecule has 2 aliphatic carbocycles. The van der Waals surface area contributed by atoms with Crippen LogP contribution in [0.15, 0.2) is 29.2 Å². The first kappa shape index (κ1) is 25.2. The van der Waals surface area contributed by atoms with E-state index in [1.807, 2.05) is 9.80 Å². The van der Waals surface area contributed by atoms with E-state index in [2.05, 4.69) is 20.1 Å². The molecule has 0 atom stereocenters. The second-order valence-electron chi connectivity index (χ2n) is 12.3. The molecule has 1 aromatic heterocycles. The minimum absolute atomic E-state index is 0.0542. The fourth-order valence-corrected chi connectivity index (χ4v) is 7.57. The molecule has 14 heteroatoms. The molecule has 4 heterocycles. The summed E-state index contributed by atoms with van der Waals surface area (Å²) >= 11 is 0. The first-order chi connectivity index (χ1) is 18.3. The molecule has 2 spiro atoms. The van der Waals surface area contributed by atoms with E-state index in [4.69, 9.17) is 0 Å².